The fraction of sp³-hybridized carbons (Fsp3) is 0.125. The van der Waals surface area contributed by atoms with Gasteiger partial charge >= 0.3 is 0 Å². The van der Waals surface area contributed by atoms with Gasteiger partial charge in [0.2, 0.25) is 0 Å². The van der Waals surface area contributed by atoms with Gasteiger partial charge in [-0.15, -0.1) is 0 Å². The largest absolute Gasteiger partial charge is 0.271 e. The number of carbonyl (C=O) groups is 1. The van der Waals surface area contributed by atoms with Crippen molar-refractivity contribution in [3.05, 3.63) is 94.5 Å². The van der Waals surface area contributed by atoms with E-state index in [1.807, 2.05) is 55.5 Å². The molecule has 1 aliphatic rings. The van der Waals surface area contributed by atoms with E-state index in [-0.39, 0.29) is 5.91 Å². The molecule has 1 aliphatic heterocycles. The minimum absolute atomic E-state index is 0.0633. The molecule has 4 rings (SSSR count). The second-order valence-corrected chi connectivity index (χ2v) is 7.89. The number of carbonyl (C=O) groups excluding carboxylic acids is 1. The Labute approximate surface area is 175 Å². The first kappa shape index (κ1) is 19.2. The summed E-state index contributed by atoms with van der Waals surface area (Å²) < 4.78 is 0. The molecule has 0 saturated carbocycles. The molecule has 0 spiro atoms. The highest BCUT2D eigenvalue weighted by Crippen LogP contribution is 2.40. The summed E-state index contributed by atoms with van der Waals surface area (Å²) in [7, 11) is 0. The maximum absolute atomic E-state index is 13.4. The molecule has 29 heavy (non-hydrogen) atoms. The van der Waals surface area contributed by atoms with Crippen LogP contribution in [0.3, 0.4) is 0 Å². The van der Waals surface area contributed by atoms with E-state index in [2.05, 4.69) is 42.0 Å². The Kier molecular flexibility index (Phi) is 5.32. The molecule has 3 aromatic rings. The van der Waals surface area contributed by atoms with Gasteiger partial charge in [0, 0.05) is 6.20 Å². The Morgan fingerprint density at radius 3 is 2.41 bits per heavy atom. The van der Waals surface area contributed by atoms with Gasteiger partial charge in [-0.3, -0.25) is 9.69 Å². The maximum Gasteiger partial charge on any atom is 0.271 e. The molecule has 0 atom stereocenters. The summed E-state index contributed by atoms with van der Waals surface area (Å²) >= 11 is 1.40. The summed E-state index contributed by atoms with van der Waals surface area (Å²) in [6.45, 7) is 6.17. The van der Waals surface area contributed by atoms with Crippen molar-refractivity contribution in [3.8, 4) is 0 Å². The van der Waals surface area contributed by atoms with Crippen molar-refractivity contribution in [1.29, 1.82) is 0 Å². The molecular formula is C24H21N3OS. The SMILES string of the molecule is C/C(=C1/S/C(=N/c2ccccn2)N(c2ccccc2)C1=O)c1ccc(C)c(C)c1. The lowest BCUT2D eigenvalue weighted by Crippen LogP contribution is -2.28. The van der Waals surface area contributed by atoms with E-state index in [1.54, 1.807) is 11.1 Å². The van der Waals surface area contributed by atoms with Crippen LogP contribution < -0.4 is 4.90 Å². The number of amides is 1. The average Bonchev–Trinajstić information content (AvgIpc) is 3.06. The van der Waals surface area contributed by atoms with Crippen molar-refractivity contribution < 1.29 is 4.79 Å². The Morgan fingerprint density at radius 1 is 0.966 bits per heavy atom. The molecule has 5 heteroatoms. The summed E-state index contributed by atoms with van der Waals surface area (Å²) in [6, 6.07) is 21.5. The number of amidine groups is 1. The van der Waals surface area contributed by atoms with Crippen molar-refractivity contribution >= 4 is 39.9 Å². The van der Waals surface area contributed by atoms with Crippen LogP contribution in [0.1, 0.15) is 23.6 Å². The number of thioether (sulfide) groups is 1. The molecule has 144 valence electrons. The molecule has 2 aromatic carbocycles. The van der Waals surface area contributed by atoms with E-state index in [1.165, 1.54) is 22.9 Å². The van der Waals surface area contributed by atoms with Crippen LogP contribution in [0.15, 0.2) is 82.8 Å². The summed E-state index contributed by atoms with van der Waals surface area (Å²) in [4.78, 5) is 24.7. The number of aryl methyl sites for hydroxylation is 2. The highest BCUT2D eigenvalue weighted by molar-refractivity contribution is 8.19. The number of hydrogen-bond donors (Lipinski definition) is 0. The van der Waals surface area contributed by atoms with E-state index >= 15 is 0 Å². The molecule has 0 radical (unpaired) electrons. The normalized spacial score (nSPS) is 17.1. The average molecular weight is 400 g/mol. The van der Waals surface area contributed by atoms with Gasteiger partial charge in [0.05, 0.1) is 10.6 Å². The highest BCUT2D eigenvalue weighted by atomic mass is 32.2. The molecule has 0 aliphatic carbocycles. The number of anilines is 1. The standard InChI is InChI=1S/C24H21N3OS/c1-16-12-13-19(15-17(16)2)18(3)22-23(28)27(20-9-5-4-6-10-20)24(29-22)26-21-11-7-8-14-25-21/h4-15H,1-3H3/b22-18-,26-24+. The Morgan fingerprint density at radius 2 is 1.72 bits per heavy atom. The molecule has 0 unspecified atom stereocenters. The Bertz CT molecular complexity index is 1120. The van der Waals surface area contributed by atoms with E-state index in [4.69, 9.17) is 0 Å². The van der Waals surface area contributed by atoms with E-state index in [0.29, 0.717) is 15.9 Å². The number of rotatable bonds is 3. The molecule has 0 bridgehead atoms. The van der Waals surface area contributed by atoms with E-state index in [9.17, 15) is 4.79 Å². The first-order valence-corrected chi connectivity index (χ1v) is 10.2. The van der Waals surface area contributed by atoms with Gasteiger partial charge in [-0.05, 0) is 79.1 Å². The van der Waals surface area contributed by atoms with Gasteiger partial charge in [0.1, 0.15) is 0 Å². The number of pyridine rings is 1. The number of aromatic nitrogens is 1. The van der Waals surface area contributed by atoms with Crippen LogP contribution in [-0.4, -0.2) is 16.1 Å². The van der Waals surface area contributed by atoms with Crippen LogP contribution in [0.5, 0.6) is 0 Å². The quantitative estimate of drug-likeness (QED) is 0.515. The predicted octanol–water partition coefficient (Wildman–Crippen LogP) is 5.90. The van der Waals surface area contributed by atoms with Gasteiger partial charge in [-0.25, -0.2) is 9.98 Å². The third kappa shape index (κ3) is 3.87. The summed E-state index contributed by atoms with van der Waals surface area (Å²) in [5.41, 5.74) is 5.24. The van der Waals surface area contributed by atoms with Crippen molar-refractivity contribution in [1.82, 2.24) is 4.98 Å². The van der Waals surface area contributed by atoms with Gasteiger partial charge in [0.25, 0.3) is 5.91 Å². The Hall–Kier alpha value is -3.18. The lowest BCUT2D eigenvalue weighted by Gasteiger charge is -2.15. The monoisotopic (exact) mass is 399 g/mol. The minimum atomic E-state index is -0.0633. The predicted molar refractivity (Wildman–Crippen MR) is 121 cm³/mol. The molecule has 1 aromatic heterocycles. The van der Waals surface area contributed by atoms with E-state index < -0.39 is 0 Å². The van der Waals surface area contributed by atoms with E-state index in [0.717, 1.165) is 16.8 Å². The number of hydrogen-bond acceptors (Lipinski definition) is 4. The van der Waals surface area contributed by atoms with Crippen LogP contribution in [-0.2, 0) is 4.79 Å². The smallest absolute Gasteiger partial charge is 0.268 e. The minimum Gasteiger partial charge on any atom is -0.268 e. The highest BCUT2D eigenvalue weighted by Gasteiger charge is 2.36. The second kappa shape index (κ2) is 8.05. The molecule has 1 fully saturated rings. The second-order valence-electron chi connectivity index (χ2n) is 6.91. The summed E-state index contributed by atoms with van der Waals surface area (Å²) in [6.07, 6.45) is 1.70. The number of para-hydroxylation sites is 1. The van der Waals surface area contributed by atoms with Crippen LogP contribution in [0.25, 0.3) is 5.57 Å². The van der Waals surface area contributed by atoms with Crippen molar-refractivity contribution in [2.45, 2.75) is 20.8 Å². The zero-order valence-corrected chi connectivity index (χ0v) is 17.4. The fourth-order valence-electron chi connectivity index (χ4n) is 3.11. The third-order valence-corrected chi connectivity index (χ3v) is 6.08. The van der Waals surface area contributed by atoms with Gasteiger partial charge in [0.15, 0.2) is 11.0 Å². The van der Waals surface area contributed by atoms with Crippen LogP contribution in [0.2, 0.25) is 0 Å². The van der Waals surface area contributed by atoms with Gasteiger partial charge < -0.3 is 0 Å². The maximum atomic E-state index is 13.4. The number of aliphatic imine (C=N–C) groups is 1. The number of benzene rings is 2. The first-order valence-electron chi connectivity index (χ1n) is 9.40. The molecule has 4 nitrogen and oxygen atoms in total. The zero-order chi connectivity index (χ0) is 20.4. The molecule has 0 N–H and O–H groups in total. The zero-order valence-electron chi connectivity index (χ0n) is 16.6. The lowest BCUT2D eigenvalue weighted by molar-refractivity contribution is -0.113. The molecule has 1 amide bonds. The third-order valence-electron chi connectivity index (χ3n) is 4.94. The van der Waals surface area contributed by atoms with Crippen molar-refractivity contribution in [3.63, 3.8) is 0 Å². The van der Waals surface area contributed by atoms with Crippen LogP contribution in [0.4, 0.5) is 11.5 Å². The van der Waals surface area contributed by atoms with Crippen LogP contribution >= 0.6 is 11.8 Å². The van der Waals surface area contributed by atoms with Gasteiger partial charge in [-0.2, -0.15) is 0 Å². The topological polar surface area (TPSA) is 45.6 Å². The van der Waals surface area contributed by atoms with Gasteiger partial charge in [-0.1, -0.05) is 42.5 Å². The lowest BCUT2D eigenvalue weighted by atomic mass is 10.0. The molecule has 1 saturated heterocycles. The fourth-order valence-corrected chi connectivity index (χ4v) is 4.16. The molecule has 2 heterocycles. The number of allylic oxidation sites excluding steroid dienone is 1. The molecular weight excluding hydrogens is 378 g/mol. The van der Waals surface area contributed by atoms with Crippen molar-refractivity contribution in [2.24, 2.45) is 4.99 Å². The number of nitrogens with zero attached hydrogens (tertiary/aromatic N) is 3. The summed E-state index contributed by atoms with van der Waals surface area (Å²) in [5, 5.41) is 0.609. The first-order chi connectivity index (χ1) is 14.0. The van der Waals surface area contributed by atoms with Crippen LogP contribution in [0, 0.1) is 13.8 Å². The summed E-state index contributed by atoms with van der Waals surface area (Å²) in [5.74, 6) is 0.514. The Balaban J connectivity index is 1.82. The van der Waals surface area contributed by atoms with Crippen molar-refractivity contribution in [2.75, 3.05) is 4.90 Å².